The first-order valence-electron chi connectivity index (χ1n) is 10.1. The summed E-state index contributed by atoms with van der Waals surface area (Å²) >= 11 is 0. The molecule has 6 nitrogen and oxygen atoms in total. The number of hydroxylamine groups is 1. The largest absolute Gasteiger partial charge is 0.294 e. The maximum absolute atomic E-state index is 13.0. The van der Waals surface area contributed by atoms with Crippen molar-refractivity contribution in [3.05, 3.63) is 76.6 Å². The van der Waals surface area contributed by atoms with Gasteiger partial charge in [0.15, 0.2) is 5.78 Å². The molecular weight excluding hydrogens is 378 g/mol. The van der Waals surface area contributed by atoms with E-state index in [4.69, 9.17) is 5.21 Å². The van der Waals surface area contributed by atoms with E-state index in [1.807, 2.05) is 44.4 Å². The molecule has 1 atom stereocenters. The lowest BCUT2D eigenvalue weighted by atomic mass is 9.82. The van der Waals surface area contributed by atoms with Crippen molar-refractivity contribution < 1.29 is 14.8 Å². The highest BCUT2D eigenvalue weighted by molar-refractivity contribution is 5.98. The van der Waals surface area contributed by atoms with Gasteiger partial charge in [-0.3, -0.25) is 19.5 Å². The van der Waals surface area contributed by atoms with Gasteiger partial charge in [-0.1, -0.05) is 24.3 Å². The van der Waals surface area contributed by atoms with Gasteiger partial charge >= 0.3 is 0 Å². The number of aromatic nitrogens is 2. The Kier molecular flexibility index (Phi) is 5.50. The third-order valence-corrected chi connectivity index (χ3v) is 5.78. The molecular formula is C24H25N3O3. The van der Waals surface area contributed by atoms with Crippen molar-refractivity contribution >= 4 is 11.7 Å². The third kappa shape index (κ3) is 4.19. The van der Waals surface area contributed by atoms with Crippen LogP contribution in [-0.4, -0.2) is 26.7 Å². The van der Waals surface area contributed by atoms with Gasteiger partial charge < -0.3 is 0 Å². The van der Waals surface area contributed by atoms with Crippen molar-refractivity contribution in [2.24, 2.45) is 13.0 Å². The number of nitrogens with one attached hydrogen (secondary N) is 1. The van der Waals surface area contributed by atoms with Gasteiger partial charge in [0, 0.05) is 36.7 Å². The maximum Gasteiger partial charge on any atom is 0.246 e. The SMILES string of the molecule is Cc1cc(C(=O)Cc2ccc3c(c2)CC(C(=O)NO)CC3)cc(-c2cnn(C)c2)c1. The fourth-order valence-electron chi connectivity index (χ4n) is 4.20. The molecule has 2 N–H and O–H groups in total. The van der Waals surface area contributed by atoms with E-state index in [0.29, 0.717) is 18.4 Å². The van der Waals surface area contributed by atoms with Crippen molar-refractivity contribution in [3.8, 4) is 11.1 Å². The Bertz CT molecular complexity index is 1120. The fraction of sp³-hybridized carbons (Fsp3) is 0.292. The van der Waals surface area contributed by atoms with Crippen LogP contribution in [-0.2, 0) is 31.1 Å². The van der Waals surface area contributed by atoms with Gasteiger partial charge in [0.2, 0.25) is 5.91 Å². The summed E-state index contributed by atoms with van der Waals surface area (Å²) in [7, 11) is 1.87. The highest BCUT2D eigenvalue weighted by Gasteiger charge is 2.24. The number of carbonyl (C=O) groups is 2. The minimum atomic E-state index is -0.343. The van der Waals surface area contributed by atoms with Gasteiger partial charge in [-0.2, -0.15) is 5.10 Å². The van der Waals surface area contributed by atoms with Gasteiger partial charge in [-0.25, -0.2) is 5.48 Å². The predicted molar refractivity (Wildman–Crippen MR) is 113 cm³/mol. The lowest BCUT2D eigenvalue weighted by Gasteiger charge is -2.23. The Morgan fingerprint density at radius 1 is 1.17 bits per heavy atom. The summed E-state index contributed by atoms with van der Waals surface area (Å²) in [6.07, 6.45) is 6.14. The number of amides is 1. The first kappa shape index (κ1) is 20.0. The molecule has 30 heavy (non-hydrogen) atoms. The predicted octanol–water partition coefficient (Wildman–Crippen LogP) is 3.43. The summed E-state index contributed by atoms with van der Waals surface area (Å²) in [6.45, 7) is 1.99. The Morgan fingerprint density at radius 2 is 2.00 bits per heavy atom. The molecule has 3 aromatic rings. The van der Waals surface area contributed by atoms with Crippen LogP contribution in [0.2, 0.25) is 0 Å². The molecule has 2 aromatic carbocycles. The number of nitrogens with zero attached hydrogens (tertiary/aromatic N) is 2. The summed E-state index contributed by atoms with van der Waals surface area (Å²) in [4.78, 5) is 24.8. The Balaban J connectivity index is 1.55. The van der Waals surface area contributed by atoms with Crippen LogP contribution < -0.4 is 5.48 Å². The van der Waals surface area contributed by atoms with Crippen LogP contribution >= 0.6 is 0 Å². The third-order valence-electron chi connectivity index (χ3n) is 5.78. The summed E-state index contributed by atoms with van der Waals surface area (Å²) in [5.74, 6) is -0.513. The molecule has 0 fully saturated rings. The van der Waals surface area contributed by atoms with Gasteiger partial charge in [0.05, 0.1) is 6.20 Å². The fourth-order valence-corrected chi connectivity index (χ4v) is 4.20. The maximum atomic E-state index is 13.0. The Labute approximate surface area is 175 Å². The van der Waals surface area contributed by atoms with Crippen LogP contribution in [0.25, 0.3) is 11.1 Å². The molecule has 1 aliphatic carbocycles. The van der Waals surface area contributed by atoms with Gasteiger partial charge in [-0.05, 0) is 66.1 Å². The molecule has 0 spiro atoms. The van der Waals surface area contributed by atoms with E-state index in [2.05, 4.69) is 17.2 Å². The number of fused-ring (bicyclic) bond motifs is 1. The second-order valence-corrected chi connectivity index (χ2v) is 8.11. The molecule has 0 saturated carbocycles. The standard InChI is InChI=1S/C24H25N3O3/c1-15-7-19(22-13-25-27(2)14-22)12-21(8-15)23(28)10-16-3-4-17-5-6-18(24(29)26-30)11-20(17)9-16/h3-4,7-9,12-14,18,30H,5-6,10-11H2,1-2H3,(H,26,29). The number of ketones is 1. The summed E-state index contributed by atoms with van der Waals surface area (Å²) in [5.41, 5.74) is 8.67. The van der Waals surface area contributed by atoms with Crippen LogP contribution in [0.1, 0.15) is 39.0 Å². The van der Waals surface area contributed by atoms with Crippen LogP contribution in [0.4, 0.5) is 0 Å². The van der Waals surface area contributed by atoms with Gasteiger partial charge in [0.25, 0.3) is 0 Å². The minimum Gasteiger partial charge on any atom is -0.294 e. The van der Waals surface area contributed by atoms with Crippen LogP contribution in [0.15, 0.2) is 48.8 Å². The monoisotopic (exact) mass is 403 g/mol. The molecule has 0 aliphatic heterocycles. The van der Waals surface area contributed by atoms with E-state index in [1.165, 1.54) is 5.56 Å². The van der Waals surface area contributed by atoms with E-state index in [0.717, 1.165) is 40.7 Å². The number of hydrogen-bond acceptors (Lipinski definition) is 4. The number of hydrogen-bond donors (Lipinski definition) is 2. The summed E-state index contributed by atoms with van der Waals surface area (Å²) in [6, 6.07) is 12.0. The first-order valence-corrected chi connectivity index (χ1v) is 10.1. The second kappa shape index (κ2) is 8.24. The van der Waals surface area contributed by atoms with E-state index >= 15 is 0 Å². The number of benzene rings is 2. The van der Waals surface area contributed by atoms with Crippen molar-refractivity contribution in [2.45, 2.75) is 32.6 Å². The first-order chi connectivity index (χ1) is 14.4. The summed E-state index contributed by atoms with van der Waals surface area (Å²) < 4.78 is 1.75. The molecule has 1 heterocycles. The molecule has 4 rings (SSSR count). The lowest BCUT2D eigenvalue weighted by Crippen LogP contribution is -2.32. The lowest BCUT2D eigenvalue weighted by molar-refractivity contribution is -0.133. The minimum absolute atomic E-state index is 0.0595. The smallest absolute Gasteiger partial charge is 0.246 e. The topological polar surface area (TPSA) is 84.2 Å². The zero-order valence-corrected chi connectivity index (χ0v) is 17.2. The zero-order chi connectivity index (χ0) is 21.3. The van der Waals surface area contributed by atoms with Crippen LogP contribution in [0.5, 0.6) is 0 Å². The van der Waals surface area contributed by atoms with Gasteiger partial charge in [-0.15, -0.1) is 0 Å². The Hall–Kier alpha value is -3.25. The average Bonchev–Trinajstić information content (AvgIpc) is 3.18. The average molecular weight is 403 g/mol. The van der Waals surface area contributed by atoms with Crippen LogP contribution in [0.3, 0.4) is 0 Å². The highest BCUT2D eigenvalue weighted by atomic mass is 16.5. The summed E-state index contributed by atoms with van der Waals surface area (Å²) in [5, 5.41) is 13.1. The number of Topliss-reactive ketones (excluding diaryl/α,β-unsaturated/α-hetero) is 1. The van der Waals surface area contributed by atoms with Crippen molar-refractivity contribution in [1.82, 2.24) is 15.3 Å². The molecule has 1 aromatic heterocycles. The molecule has 0 radical (unpaired) electrons. The quantitative estimate of drug-likeness (QED) is 0.388. The van der Waals surface area contributed by atoms with Crippen molar-refractivity contribution in [2.75, 3.05) is 0 Å². The van der Waals surface area contributed by atoms with E-state index in [-0.39, 0.29) is 17.6 Å². The normalized spacial score (nSPS) is 15.5. The van der Waals surface area contributed by atoms with E-state index in [1.54, 1.807) is 16.4 Å². The molecule has 1 aliphatic rings. The van der Waals surface area contributed by atoms with E-state index in [9.17, 15) is 9.59 Å². The zero-order valence-electron chi connectivity index (χ0n) is 17.2. The molecule has 1 amide bonds. The van der Waals surface area contributed by atoms with Gasteiger partial charge in [0.1, 0.15) is 0 Å². The second-order valence-electron chi connectivity index (χ2n) is 8.11. The number of carbonyl (C=O) groups excluding carboxylic acids is 2. The molecule has 0 bridgehead atoms. The number of rotatable bonds is 5. The van der Waals surface area contributed by atoms with Crippen molar-refractivity contribution in [1.29, 1.82) is 0 Å². The number of aryl methyl sites for hydroxylation is 3. The molecule has 0 saturated heterocycles. The molecule has 1 unspecified atom stereocenters. The molecule has 6 heteroatoms. The van der Waals surface area contributed by atoms with Crippen LogP contribution in [0, 0.1) is 12.8 Å². The van der Waals surface area contributed by atoms with E-state index < -0.39 is 0 Å². The highest BCUT2D eigenvalue weighted by Crippen LogP contribution is 2.28. The Morgan fingerprint density at radius 3 is 2.73 bits per heavy atom. The van der Waals surface area contributed by atoms with Crippen molar-refractivity contribution in [3.63, 3.8) is 0 Å². The molecule has 154 valence electrons.